The number of allylic oxidation sites excluding steroid dienone is 2. The Bertz CT molecular complexity index is 616. The fourth-order valence-corrected chi connectivity index (χ4v) is 2.19. The Labute approximate surface area is 116 Å². The molecule has 2 rings (SSSR count). The van der Waals surface area contributed by atoms with Crippen LogP contribution in [0.2, 0.25) is 0 Å². The first kappa shape index (κ1) is 13.4. The molecule has 96 valence electrons. The van der Waals surface area contributed by atoms with Crippen LogP contribution in [0.25, 0.3) is 23.3 Å². The maximum atomic E-state index is 2.25. The van der Waals surface area contributed by atoms with E-state index in [1.54, 1.807) is 0 Å². The zero-order chi connectivity index (χ0) is 13.7. The molecule has 2 aromatic rings. The van der Waals surface area contributed by atoms with E-state index in [0.717, 1.165) is 0 Å². The SMILES string of the molecule is C/C=C/c1cccc(-c2ccc(C)c(/C=C/C)c2)c1. The topological polar surface area (TPSA) is 0 Å². The third kappa shape index (κ3) is 3.23. The van der Waals surface area contributed by atoms with Gasteiger partial charge in [-0.25, -0.2) is 0 Å². The zero-order valence-corrected chi connectivity index (χ0v) is 11.9. The molecule has 0 fully saturated rings. The smallest absolute Gasteiger partial charge is 0.0178 e. The first-order chi connectivity index (χ1) is 9.24. The van der Waals surface area contributed by atoms with E-state index in [2.05, 4.69) is 80.6 Å². The quantitative estimate of drug-likeness (QED) is 0.651. The third-order valence-corrected chi connectivity index (χ3v) is 3.20. The van der Waals surface area contributed by atoms with Gasteiger partial charge in [-0.1, -0.05) is 54.6 Å². The first-order valence-electron chi connectivity index (χ1n) is 6.71. The van der Waals surface area contributed by atoms with Gasteiger partial charge < -0.3 is 0 Å². The second-order valence-corrected chi connectivity index (χ2v) is 4.70. The van der Waals surface area contributed by atoms with Crippen molar-refractivity contribution in [1.82, 2.24) is 0 Å². The third-order valence-electron chi connectivity index (χ3n) is 3.20. The Kier molecular flexibility index (Phi) is 4.35. The lowest BCUT2D eigenvalue weighted by Crippen LogP contribution is -1.84. The van der Waals surface area contributed by atoms with E-state index < -0.39 is 0 Å². The van der Waals surface area contributed by atoms with Gasteiger partial charge in [0.15, 0.2) is 0 Å². The summed E-state index contributed by atoms with van der Waals surface area (Å²) in [6.07, 6.45) is 8.45. The van der Waals surface area contributed by atoms with Crippen molar-refractivity contribution in [2.45, 2.75) is 20.8 Å². The van der Waals surface area contributed by atoms with Crippen LogP contribution >= 0.6 is 0 Å². The van der Waals surface area contributed by atoms with Gasteiger partial charge in [-0.15, -0.1) is 0 Å². The second-order valence-electron chi connectivity index (χ2n) is 4.70. The van der Waals surface area contributed by atoms with Crippen molar-refractivity contribution in [2.24, 2.45) is 0 Å². The van der Waals surface area contributed by atoms with Crippen LogP contribution in [-0.2, 0) is 0 Å². The summed E-state index contributed by atoms with van der Waals surface area (Å²) in [7, 11) is 0. The van der Waals surface area contributed by atoms with Gasteiger partial charge in [0.25, 0.3) is 0 Å². The minimum absolute atomic E-state index is 1.24. The van der Waals surface area contributed by atoms with Crippen molar-refractivity contribution in [3.05, 3.63) is 71.3 Å². The average Bonchev–Trinajstić information content (AvgIpc) is 2.42. The summed E-state index contributed by atoms with van der Waals surface area (Å²) in [6, 6.07) is 15.3. The fraction of sp³-hybridized carbons (Fsp3) is 0.158. The van der Waals surface area contributed by atoms with E-state index >= 15 is 0 Å². The minimum Gasteiger partial charge on any atom is -0.0871 e. The monoisotopic (exact) mass is 248 g/mol. The van der Waals surface area contributed by atoms with Gasteiger partial charge in [-0.2, -0.15) is 0 Å². The molecule has 0 aromatic heterocycles. The molecule has 0 heteroatoms. The van der Waals surface area contributed by atoms with Crippen molar-refractivity contribution in [2.75, 3.05) is 0 Å². The molecule has 0 spiro atoms. The number of rotatable bonds is 3. The number of aryl methyl sites for hydroxylation is 1. The largest absolute Gasteiger partial charge is 0.0871 e. The van der Waals surface area contributed by atoms with Crippen molar-refractivity contribution in [1.29, 1.82) is 0 Å². The average molecular weight is 248 g/mol. The summed E-state index contributed by atoms with van der Waals surface area (Å²) in [5.41, 5.74) is 6.38. The Morgan fingerprint density at radius 3 is 2.26 bits per heavy atom. The molecule has 0 aliphatic rings. The molecular formula is C19H20. The highest BCUT2D eigenvalue weighted by Gasteiger charge is 2.01. The molecule has 0 nitrogen and oxygen atoms in total. The van der Waals surface area contributed by atoms with Crippen LogP contribution in [0.3, 0.4) is 0 Å². The summed E-state index contributed by atoms with van der Waals surface area (Å²) in [6.45, 7) is 6.25. The van der Waals surface area contributed by atoms with Crippen LogP contribution < -0.4 is 0 Å². The highest BCUT2D eigenvalue weighted by molar-refractivity contribution is 5.71. The van der Waals surface area contributed by atoms with Crippen LogP contribution in [0, 0.1) is 6.92 Å². The molecule has 2 aromatic carbocycles. The van der Waals surface area contributed by atoms with Crippen molar-refractivity contribution >= 4 is 12.2 Å². The molecule has 0 amide bonds. The van der Waals surface area contributed by atoms with Gasteiger partial charge >= 0.3 is 0 Å². The maximum Gasteiger partial charge on any atom is -0.0178 e. The van der Waals surface area contributed by atoms with E-state index in [9.17, 15) is 0 Å². The van der Waals surface area contributed by atoms with Crippen molar-refractivity contribution in [3.63, 3.8) is 0 Å². The number of hydrogen-bond acceptors (Lipinski definition) is 0. The zero-order valence-electron chi connectivity index (χ0n) is 11.9. The minimum atomic E-state index is 1.24. The summed E-state index contributed by atoms with van der Waals surface area (Å²) in [5, 5.41) is 0. The molecular weight excluding hydrogens is 228 g/mol. The van der Waals surface area contributed by atoms with Crippen LogP contribution in [0.4, 0.5) is 0 Å². The Balaban J connectivity index is 2.46. The highest BCUT2D eigenvalue weighted by atomic mass is 14.1. The predicted octanol–water partition coefficient (Wildman–Crippen LogP) is 5.73. The maximum absolute atomic E-state index is 2.25. The molecule has 0 saturated carbocycles. The summed E-state index contributed by atoms with van der Waals surface area (Å²) >= 11 is 0. The lowest BCUT2D eigenvalue weighted by molar-refractivity contribution is 1.44. The lowest BCUT2D eigenvalue weighted by atomic mass is 9.98. The van der Waals surface area contributed by atoms with E-state index in [1.807, 2.05) is 6.92 Å². The Hall–Kier alpha value is -2.08. The fourth-order valence-electron chi connectivity index (χ4n) is 2.19. The molecule has 0 heterocycles. The predicted molar refractivity (Wildman–Crippen MR) is 86.0 cm³/mol. The molecule has 0 saturated heterocycles. The first-order valence-corrected chi connectivity index (χ1v) is 6.71. The van der Waals surface area contributed by atoms with Crippen LogP contribution in [-0.4, -0.2) is 0 Å². The van der Waals surface area contributed by atoms with Gasteiger partial charge in [0.05, 0.1) is 0 Å². The van der Waals surface area contributed by atoms with Crippen molar-refractivity contribution < 1.29 is 0 Å². The van der Waals surface area contributed by atoms with Crippen molar-refractivity contribution in [3.8, 4) is 11.1 Å². The van der Waals surface area contributed by atoms with E-state index in [-0.39, 0.29) is 0 Å². The molecule has 0 atom stereocenters. The Morgan fingerprint density at radius 1 is 0.789 bits per heavy atom. The van der Waals surface area contributed by atoms with E-state index in [4.69, 9.17) is 0 Å². The summed E-state index contributed by atoms with van der Waals surface area (Å²) < 4.78 is 0. The number of hydrogen-bond donors (Lipinski definition) is 0. The molecule has 0 bridgehead atoms. The van der Waals surface area contributed by atoms with Gasteiger partial charge in [0.2, 0.25) is 0 Å². The molecule has 19 heavy (non-hydrogen) atoms. The standard InChI is InChI=1S/C19H20/c1-4-7-16-9-6-10-18(13-16)19-12-11-15(3)17(14-19)8-5-2/h4-14H,1-3H3/b7-4+,8-5+. The molecule has 0 aliphatic carbocycles. The van der Waals surface area contributed by atoms with E-state index in [0.29, 0.717) is 0 Å². The van der Waals surface area contributed by atoms with Gasteiger partial charge in [0.1, 0.15) is 0 Å². The normalized spacial score (nSPS) is 11.5. The van der Waals surface area contributed by atoms with Gasteiger partial charge in [-0.3, -0.25) is 0 Å². The number of benzene rings is 2. The molecule has 0 N–H and O–H groups in total. The van der Waals surface area contributed by atoms with Crippen LogP contribution in [0.5, 0.6) is 0 Å². The van der Waals surface area contributed by atoms with Crippen LogP contribution in [0.15, 0.2) is 54.6 Å². The lowest BCUT2D eigenvalue weighted by Gasteiger charge is -2.07. The summed E-state index contributed by atoms with van der Waals surface area (Å²) in [4.78, 5) is 0. The molecule has 0 unspecified atom stereocenters. The molecule has 0 aliphatic heterocycles. The van der Waals surface area contributed by atoms with Gasteiger partial charge in [0, 0.05) is 0 Å². The second kappa shape index (κ2) is 6.19. The summed E-state index contributed by atoms with van der Waals surface area (Å²) in [5.74, 6) is 0. The molecule has 0 radical (unpaired) electrons. The Morgan fingerprint density at radius 2 is 1.53 bits per heavy atom. The highest BCUT2D eigenvalue weighted by Crippen LogP contribution is 2.24. The van der Waals surface area contributed by atoms with Gasteiger partial charge in [-0.05, 0) is 60.7 Å². The van der Waals surface area contributed by atoms with Crippen LogP contribution in [0.1, 0.15) is 30.5 Å². The van der Waals surface area contributed by atoms with E-state index in [1.165, 1.54) is 27.8 Å².